The third-order valence-electron chi connectivity index (χ3n) is 1.88. The zero-order chi connectivity index (χ0) is 10.3. The molecule has 1 aromatic carbocycles. The van der Waals surface area contributed by atoms with Gasteiger partial charge in [-0.15, -0.1) is 24.0 Å². The zero-order valence-electron chi connectivity index (χ0n) is 6.80. The number of hydrogen-bond acceptors (Lipinski definition) is 2. The van der Waals surface area contributed by atoms with Crippen LogP contribution < -0.4 is 0 Å². The molecule has 0 aliphatic heterocycles. The van der Waals surface area contributed by atoms with E-state index in [1.165, 1.54) is 17.4 Å². The molecule has 14 heavy (non-hydrogen) atoms. The standard InChI is InChI=1S/C9H5F2IS2/c10-9(11)6-2-4(13)1-5-7(12)3-14-8(5)6/h1-3,9,13H. The molecule has 0 saturated heterocycles. The fourth-order valence-corrected chi connectivity index (χ4v) is 3.47. The van der Waals surface area contributed by atoms with Gasteiger partial charge in [-0.05, 0) is 34.7 Å². The van der Waals surface area contributed by atoms with Crippen molar-refractivity contribution in [3.8, 4) is 0 Å². The van der Waals surface area contributed by atoms with Crippen LogP contribution in [0.3, 0.4) is 0 Å². The second-order valence-electron chi connectivity index (χ2n) is 2.80. The number of thiophene rings is 1. The first-order valence-electron chi connectivity index (χ1n) is 3.77. The number of rotatable bonds is 1. The van der Waals surface area contributed by atoms with Crippen LogP contribution in [-0.4, -0.2) is 0 Å². The summed E-state index contributed by atoms with van der Waals surface area (Å²) in [5.74, 6) is 0. The zero-order valence-corrected chi connectivity index (χ0v) is 10.7. The SMILES string of the molecule is FC(F)c1cc(S)cc2c(I)csc12. The van der Waals surface area contributed by atoms with Gasteiger partial charge in [0.1, 0.15) is 0 Å². The summed E-state index contributed by atoms with van der Waals surface area (Å²) in [5, 5.41) is 2.75. The second-order valence-corrected chi connectivity index (χ2v) is 5.35. The number of thiol groups is 1. The van der Waals surface area contributed by atoms with Crippen molar-refractivity contribution in [2.24, 2.45) is 0 Å². The van der Waals surface area contributed by atoms with Crippen LogP contribution in [-0.2, 0) is 0 Å². The highest BCUT2D eigenvalue weighted by Gasteiger charge is 2.15. The Bertz CT molecular complexity index is 479. The molecule has 0 atom stereocenters. The molecule has 1 heterocycles. The van der Waals surface area contributed by atoms with E-state index in [1.54, 1.807) is 0 Å². The largest absolute Gasteiger partial charge is 0.265 e. The first-order valence-corrected chi connectivity index (χ1v) is 6.18. The third kappa shape index (κ3) is 1.77. The van der Waals surface area contributed by atoms with Gasteiger partial charge in [-0.3, -0.25) is 0 Å². The van der Waals surface area contributed by atoms with Crippen LogP contribution in [0.4, 0.5) is 8.78 Å². The van der Waals surface area contributed by atoms with E-state index in [0.29, 0.717) is 9.60 Å². The van der Waals surface area contributed by atoms with Gasteiger partial charge in [-0.1, -0.05) is 0 Å². The first kappa shape index (κ1) is 10.6. The average Bonchev–Trinajstić information content (AvgIpc) is 2.47. The lowest BCUT2D eigenvalue weighted by Gasteiger charge is -2.03. The molecule has 0 nitrogen and oxygen atoms in total. The van der Waals surface area contributed by atoms with Gasteiger partial charge in [0, 0.05) is 29.5 Å². The van der Waals surface area contributed by atoms with Crippen molar-refractivity contribution in [2.75, 3.05) is 0 Å². The summed E-state index contributed by atoms with van der Waals surface area (Å²) in [7, 11) is 0. The van der Waals surface area contributed by atoms with E-state index in [0.717, 1.165) is 8.96 Å². The van der Waals surface area contributed by atoms with Crippen molar-refractivity contribution in [3.63, 3.8) is 0 Å². The summed E-state index contributed by atoms with van der Waals surface area (Å²) in [6.07, 6.45) is -2.43. The molecule has 0 spiro atoms. The molecule has 5 heteroatoms. The Kier molecular flexibility index (Phi) is 2.99. The lowest BCUT2D eigenvalue weighted by molar-refractivity contribution is 0.153. The molecule has 0 amide bonds. The van der Waals surface area contributed by atoms with Crippen LogP contribution >= 0.6 is 46.6 Å². The van der Waals surface area contributed by atoms with E-state index in [-0.39, 0.29) is 5.56 Å². The Morgan fingerprint density at radius 3 is 2.71 bits per heavy atom. The number of alkyl halides is 2. The average molecular weight is 342 g/mol. The molecule has 0 aliphatic rings. The monoisotopic (exact) mass is 342 g/mol. The number of fused-ring (bicyclic) bond motifs is 1. The number of benzene rings is 1. The van der Waals surface area contributed by atoms with Crippen molar-refractivity contribution in [1.29, 1.82) is 0 Å². The lowest BCUT2D eigenvalue weighted by Crippen LogP contribution is -1.84. The van der Waals surface area contributed by atoms with E-state index in [4.69, 9.17) is 0 Å². The van der Waals surface area contributed by atoms with Crippen LogP contribution in [0.25, 0.3) is 10.1 Å². The van der Waals surface area contributed by atoms with E-state index in [2.05, 4.69) is 35.2 Å². The van der Waals surface area contributed by atoms with Gasteiger partial charge in [-0.2, -0.15) is 0 Å². The summed E-state index contributed by atoms with van der Waals surface area (Å²) in [6, 6.07) is 3.26. The fourth-order valence-electron chi connectivity index (χ4n) is 1.28. The molecule has 0 fully saturated rings. The van der Waals surface area contributed by atoms with Crippen molar-refractivity contribution in [3.05, 3.63) is 26.6 Å². The second kappa shape index (κ2) is 3.94. The van der Waals surface area contributed by atoms with E-state index in [1.807, 2.05) is 11.4 Å². The maximum Gasteiger partial charge on any atom is 0.265 e. The van der Waals surface area contributed by atoms with Gasteiger partial charge in [0.2, 0.25) is 0 Å². The smallest absolute Gasteiger partial charge is 0.205 e. The van der Waals surface area contributed by atoms with Crippen LogP contribution in [0.2, 0.25) is 0 Å². The predicted molar refractivity (Wildman–Crippen MR) is 66.8 cm³/mol. The maximum atomic E-state index is 12.7. The van der Waals surface area contributed by atoms with E-state index in [9.17, 15) is 8.78 Å². The molecule has 0 N–H and O–H groups in total. The topological polar surface area (TPSA) is 0 Å². The van der Waals surface area contributed by atoms with Crippen molar-refractivity contribution in [1.82, 2.24) is 0 Å². The summed E-state index contributed by atoms with van der Waals surface area (Å²) >= 11 is 7.61. The normalized spacial score (nSPS) is 11.5. The Morgan fingerprint density at radius 1 is 1.36 bits per heavy atom. The Hall–Kier alpha value is 0.120. The fraction of sp³-hybridized carbons (Fsp3) is 0.111. The van der Waals surface area contributed by atoms with Crippen LogP contribution in [0.5, 0.6) is 0 Å². The minimum Gasteiger partial charge on any atom is -0.205 e. The minimum absolute atomic E-state index is 0.0837. The Balaban J connectivity index is 2.82. The molecule has 2 rings (SSSR count). The molecular weight excluding hydrogens is 337 g/mol. The van der Waals surface area contributed by atoms with Gasteiger partial charge in [0.25, 0.3) is 6.43 Å². The molecule has 0 radical (unpaired) electrons. The predicted octanol–water partition coefficient (Wildman–Crippen LogP) is 4.73. The van der Waals surface area contributed by atoms with Crippen molar-refractivity contribution < 1.29 is 8.78 Å². The summed E-state index contributed by atoms with van der Waals surface area (Å²) < 4.78 is 27.0. The highest BCUT2D eigenvalue weighted by Crippen LogP contribution is 2.36. The van der Waals surface area contributed by atoms with Crippen LogP contribution in [0, 0.1) is 3.57 Å². The van der Waals surface area contributed by atoms with Crippen LogP contribution in [0.15, 0.2) is 22.4 Å². The number of hydrogen-bond donors (Lipinski definition) is 1. The highest BCUT2D eigenvalue weighted by molar-refractivity contribution is 14.1. The maximum absolute atomic E-state index is 12.7. The molecule has 1 aromatic heterocycles. The van der Waals surface area contributed by atoms with Gasteiger partial charge in [0.15, 0.2) is 0 Å². The molecule has 0 aliphatic carbocycles. The quantitative estimate of drug-likeness (QED) is 0.562. The first-order chi connectivity index (χ1) is 6.59. The third-order valence-corrected chi connectivity index (χ3v) is 4.49. The Morgan fingerprint density at radius 2 is 2.07 bits per heavy atom. The van der Waals surface area contributed by atoms with Crippen molar-refractivity contribution >= 4 is 56.6 Å². The van der Waals surface area contributed by atoms with Crippen LogP contribution in [0.1, 0.15) is 12.0 Å². The van der Waals surface area contributed by atoms with Crippen molar-refractivity contribution in [2.45, 2.75) is 11.3 Å². The van der Waals surface area contributed by atoms with Gasteiger partial charge in [0.05, 0.1) is 0 Å². The van der Waals surface area contributed by atoms with Gasteiger partial charge < -0.3 is 0 Å². The molecule has 0 bridgehead atoms. The van der Waals surface area contributed by atoms with E-state index >= 15 is 0 Å². The molecular formula is C9H5F2IS2. The summed E-state index contributed by atoms with van der Waals surface area (Å²) in [6.45, 7) is 0. The molecule has 0 unspecified atom stereocenters. The Labute approximate surface area is 103 Å². The minimum atomic E-state index is -2.43. The lowest BCUT2D eigenvalue weighted by atomic mass is 10.2. The molecule has 0 saturated carbocycles. The summed E-state index contributed by atoms with van der Waals surface area (Å²) in [5.41, 5.74) is 0.0837. The van der Waals surface area contributed by atoms with Gasteiger partial charge in [-0.25, -0.2) is 8.78 Å². The van der Waals surface area contributed by atoms with E-state index < -0.39 is 6.43 Å². The molecule has 2 aromatic rings. The highest BCUT2D eigenvalue weighted by atomic mass is 127. The van der Waals surface area contributed by atoms with Gasteiger partial charge >= 0.3 is 0 Å². The molecule has 74 valence electrons. The summed E-state index contributed by atoms with van der Waals surface area (Å²) in [4.78, 5) is 0.587. The number of halogens is 3.